The Kier molecular flexibility index (Phi) is 10.8. The van der Waals surface area contributed by atoms with Crippen LogP contribution < -0.4 is 5.32 Å². The topological polar surface area (TPSA) is 98.7 Å². The number of phenolic OH excluding ortho intramolecular Hbond substituents is 1. The number of carbonyl (C=O) groups is 1. The van der Waals surface area contributed by atoms with Crippen molar-refractivity contribution in [1.82, 2.24) is 4.90 Å². The predicted molar refractivity (Wildman–Crippen MR) is 145 cm³/mol. The maximum atomic E-state index is 13.7. The molecular formula is C29H46N2O7. The lowest BCUT2D eigenvalue weighted by molar-refractivity contribution is -0.00701. The van der Waals surface area contributed by atoms with Crippen molar-refractivity contribution in [3.8, 4) is 5.75 Å². The lowest BCUT2D eigenvalue weighted by Gasteiger charge is -2.54. The number of aromatic hydroxyl groups is 1. The second-order valence-corrected chi connectivity index (χ2v) is 11.0. The maximum Gasteiger partial charge on any atom is 0.180 e. The highest BCUT2D eigenvalue weighted by atomic mass is 16.6. The fourth-order valence-corrected chi connectivity index (χ4v) is 5.87. The van der Waals surface area contributed by atoms with E-state index in [2.05, 4.69) is 24.1 Å². The van der Waals surface area contributed by atoms with Crippen LogP contribution in [0.15, 0.2) is 12.1 Å². The smallest absolute Gasteiger partial charge is 0.180 e. The number of hydrogen-bond donors (Lipinski definition) is 2. The quantitative estimate of drug-likeness (QED) is 0.217. The van der Waals surface area contributed by atoms with E-state index in [1.165, 1.54) is 12.8 Å². The second-order valence-electron chi connectivity index (χ2n) is 11.0. The monoisotopic (exact) mass is 534 g/mol. The van der Waals surface area contributed by atoms with Gasteiger partial charge in [0, 0.05) is 31.2 Å². The number of nitrogens with zero attached hydrogens (tertiary/aromatic N) is 1. The van der Waals surface area contributed by atoms with Crippen LogP contribution in [0.5, 0.6) is 5.75 Å². The van der Waals surface area contributed by atoms with Crippen LogP contribution >= 0.6 is 0 Å². The molecule has 0 unspecified atom stereocenters. The molecule has 38 heavy (non-hydrogen) atoms. The van der Waals surface area contributed by atoms with E-state index in [1.807, 2.05) is 6.07 Å². The average Bonchev–Trinajstić information content (AvgIpc) is 3.72. The Labute approximate surface area is 227 Å². The highest BCUT2D eigenvalue weighted by Crippen LogP contribution is 2.53. The molecule has 2 bridgehead atoms. The molecule has 1 saturated heterocycles. The Balaban J connectivity index is 1.19. The third-order valence-electron chi connectivity index (χ3n) is 8.36. The molecule has 2 N–H and O–H groups in total. The van der Waals surface area contributed by atoms with Gasteiger partial charge in [-0.3, -0.25) is 9.69 Å². The second kappa shape index (κ2) is 14.1. The fourth-order valence-electron chi connectivity index (χ4n) is 5.87. The number of hydrogen-bond acceptors (Lipinski definition) is 9. The summed E-state index contributed by atoms with van der Waals surface area (Å²) in [6.07, 6.45) is 3.56. The van der Waals surface area contributed by atoms with Crippen LogP contribution in [0.2, 0.25) is 0 Å². The summed E-state index contributed by atoms with van der Waals surface area (Å²) in [5.74, 6) is 1.34. The third kappa shape index (κ3) is 7.06. The minimum Gasteiger partial charge on any atom is -0.506 e. The van der Waals surface area contributed by atoms with Gasteiger partial charge in [-0.05, 0) is 55.3 Å². The van der Waals surface area contributed by atoms with Gasteiger partial charge in [0.25, 0.3) is 0 Å². The van der Waals surface area contributed by atoms with E-state index in [-0.39, 0.29) is 28.9 Å². The Hall–Kier alpha value is -1.75. The molecule has 1 aromatic rings. The number of benzene rings is 1. The van der Waals surface area contributed by atoms with Crippen LogP contribution in [-0.2, 0) is 29.1 Å². The summed E-state index contributed by atoms with van der Waals surface area (Å²) in [6, 6.07) is 3.41. The number of phenols is 1. The van der Waals surface area contributed by atoms with Gasteiger partial charge in [0.1, 0.15) is 5.75 Å². The van der Waals surface area contributed by atoms with Crippen LogP contribution in [0.4, 0.5) is 5.69 Å². The van der Waals surface area contributed by atoms with Gasteiger partial charge >= 0.3 is 0 Å². The van der Waals surface area contributed by atoms with Crippen molar-refractivity contribution < 1.29 is 33.6 Å². The molecule has 3 atom stereocenters. The molecule has 9 nitrogen and oxygen atoms in total. The molecule has 2 aliphatic carbocycles. The van der Waals surface area contributed by atoms with E-state index in [4.69, 9.17) is 23.7 Å². The summed E-state index contributed by atoms with van der Waals surface area (Å²) in [5, 5.41) is 14.2. The molecule has 1 aromatic carbocycles. The number of Topliss-reactive ketones (excluding diaryl/α,β-unsaturated/α-hetero) is 1. The standard InChI is InChI=1S/C29H46N2O7/c1-21-27-28(33)23-6-7-24(32)26(25(23)29(21,2)8-10-31(27)20-22-4-5-22)30-9-11-35-14-15-37-18-19-38-17-16-36-13-12-34-3/h6-7,21-22,27,30,32H,4-5,8-20H2,1-3H3/t21-,27-,29+/m0/s1. The Morgan fingerprint density at radius 3 is 2.18 bits per heavy atom. The third-order valence-corrected chi connectivity index (χ3v) is 8.36. The van der Waals surface area contributed by atoms with Crippen molar-refractivity contribution in [3.05, 3.63) is 23.3 Å². The molecule has 214 valence electrons. The first-order chi connectivity index (χ1) is 18.5. The summed E-state index contributed by atoms with van der Waals surface area (Å²) in [6.45, 7) is 11.7. The van der Waals surface area contributed by atoms with E-state index >= 15 is 0 Å². The van der Waals surface area contributed by atoms with Gasteiger partial charge in [-0.15, -0.1) is 0 Å². The van der Waals surface area contributed by atoms with Gasteiger partial charge in [0.15, 0.2) is 5.78 Å². The van der Waals surface area contributed by atoms with E-state index in [0.717, 1.165) is 36.6 Å². The van der Waals surface area contributed by atoms with Crippen LogP contribution in [0.25, 0.3) is 0 Å². The van der Waals surface area contributed by atoms with E-state index in [9.17, 15) is 9.90 Å². The number of carbonyl (C=O) groups excluding carboxylic acids is 1. The number of methoxy groups -OCH3 is 1. The molecular weight excluding hydrogens is 488 g/mol. The predicted octanol–water partition coefficient (Wildman–Crippen LogP) is 3.09. The van der Waals surface area contributed by atoms with Gasteiger partial charge < -0.3 is 34.1 Å². The van der Waals surface area contributed by atoms with Crippen molar-refractivity contribution >= 4 is 11.5 Å². The van der Waals surface area contributed by atoms with Gasteiger partial charge in [0.05, 0.1) is 71.2 Å². The van der Waals surface area contributed by atoms with E-state index in [0.29, 0.717) is 71.7 Å². The maximum absolute atomic E-state index is 13.7. The first kappa shape index (κ1) is 29.2. The zero-order valence-electron chi connectivity index (χ0n) is 23.3. The van der Waals surface area contributed by atoms with Crippen LogP contribution in [0.3, 0.4) is 0 Å². The molecule has 9 heteroatoms. The minimum absolute atomic E-state index is 0.0674. The van der Waals surface area contributed by atoms with Crippen molar-refractivity contribution in [1.29, 1.82) is 0 Å². The van der Waals surface area contributed by atoms with E-state index < -0.39 is 0 Å². The zero-order valence-corrected chi connectivity index (χ0v) is 23.3. The molecule has 0 aromatic heterocycles. The summed E-state index contributed by atoms with van der Waals surface area (Å²) >= 11 is 0. The van der Waals surface area contributed by atoms with Crippen LogP contribution in [0, 0.1) is 11.8 Å². The molecule has 2 fully saturated rings. The van der Waals surface area contributed by atoms with Gasteiger partial charge in [0.2, 0.25) is 0 Å². The molecule has 0 radical (unpaired) electrons. The number of fused-ring (bicyclic) bond motifs is 4. The Morgan fingerprint density at radius 1 is 0.974 bits per heavy atom. The number of piperidine rings is 1. The van der Waals surface area contributed by atoms with Gasteiger partial charge in [-0.1, -0.05) is 13.8 Å². The number of nitrogens with one attached hydrogen (secondary N) is 1. The Morgan fingerprint density at radius 2 is 1.58 bits per heavy atom. The van der Waals surface area contributed by atoms with Gasteiger partial charge in [-0.25, -0.2) is 0 Å². The van der Waals surface area contributed by atoms with Crippen LogP contribution in [0.1, 0.15) is 49.0 Å². The minimum atomic E-state index is -0.165. The molecule has 3 aliphatic rings. The summed E-state index contributed by atoms with van der Waals surface area (Å²) in [5.41, 5.74) is 2.25. The number of ketones is 1. The molecule has 1 heterocycles. The summed E-state index contributed by atoms with van der Waals surface area (Å²) < 4.78 is 26.9. The molecule has 0 amide bonds. The lowest BCUT2D eigenvalue weighted by Crippen LogP contribution is -2.61. The number of rotatable bonds is 18. The summed E-state index contributed by atoms with van der Waals surface area (Å²) in [7, 11) is 1.65. The number of ether oxygens (including phenoxy) is 5. The van der Waals surface area contributed by atoms with E-state index in [1.54, 1.807) is 13.2 Å². The molecule has 1 saturated carbocycles. The first-order valence-corrected chi connectivity index (χ1v) is 14.2. The fraction of sp³-hybridized carbons (Fsp3) is 0.759. The first-order valence-electron chi connectivity index (χ1n) is 14.2. The molecule has 0 spiro atoms. The largest absolute Gasteiger partial charge is 0.506 e. The SMILES string of the molecule is COCCOCCOCCOCCOCCNc1c(O)ccc2c1[C@]1(C)CCN(CC3CC3)[C@H](C2=O)[C@@H]1C. The Bertz CT molecular complexity index is 909. The summed E-state index contributed by atoms with van der Waals surface area (Å²) in [4.78, 5) is 16.1. The van der Waals surface area contributed by atoms with Crippen LogP contribution in [-0.4, -0.2) is 108 Å². The lowest BCUT2D eigenvalue weighted by atomic mass is 9.58. The normalized spacial score (nSPS) is 25.0. The van der Waals surface area contributed by atoms with Crippen molar-refractivity contribution in [2.24, 2.45) is 11.8 Å². The van der Waals surface area contributed by atoms with Crippen molar-refractivity contribution in [3.63, 3.8) is 0 Å². The van der Waals surface area contributed by atoms with Crippen molar-refractivity contribution in [2.75, 3.05) is 91.5 Å². The average molecular weight is 535 g/mol. The highest BCUT2D eigenvalue weighted by molar-refractivity contribution is 6.05. The molecule has 4 rings (SSSR count). The molecule has 1 aliphatic heterocycles. The number of anilines is 1. The zero-order chi connectivity index (χ0) is 27.0. The highest BCUT2D eigenvalue weighted by Gasteiger charge is 2.54. The number of likely N-dealkylation sites (tertiary alicyclic amines) is 1. The van der Waals surface area contributed by atoms with Crippen molar-refractivity contribution in [2.45, 2.75) is 44.6 Å². The van der Waals surface area contributed by atoms with Gasteiger partial charge in [-0.2, -0.15) is 0 Å².